The Morgan fingerprint density at radius 2 is 1.77 bits per heavy atom. The highest BCUT2D eigenvalue weighted by molar-refractivity contribution is 9.10. The molecule has 0 aliphatic rings. The number of nitrogens with one attached hydrogen (secondary N) is 1. The van der Waals surface area contributed by atoms with E-state index in [4.69, 9.17) is 0 Å². The SMILES string of the molecule is CC(=O)c1cccc(S(=O)(=O)N[C@H](C)c2ccc(Br)cc2)c1. The Bertz CT molecular complexity index is 785. The average Bonchev–Trinajstić information content (AvgIpc) is 2.47. The number of Topliss-reactive ketones (excluding diaryl/α,β-unsaturated/α-hetero) is 1. The Balaban J connectivity index is 2.25. The molecule has 22 heavy (non-hydrogen) atoms. The summed E-state index contributed by atoms with van der Waals surface area (Å²) in [5, 5.41) is 0. The molecule has 0 bridgehead atoms. The van der Waals surface area contributed by atoms with E-state index >= 15 is 0 Å². The topological polar surface area (TPSA) is 63.2 Å². The number of benzene rings is 2. The molecule has 0 aliphatic heterocycles. The van der Waals surface area contributed by atoms with Crippen LogP contribution >= 0.6 is 15.9 Å². The van der Waals surface area contributed by atoms with E-state index in [-0.39, 0.29) is 16.7 Å². The van der Waals surface area contributed by atoms with E-state index in [0.717, 1.165) is 10.0 Å². The lowest BCUT2D eigenvalue weighted by Gasteiger charge is -2.15. The van der Waals surface area contributed by atoms with Gasteiger partial charge >= 0.3 is 0 Å². The van der Waals surface area contributed by atoms with E-state index in [0.29, 0.717) is 5.56 Å². The lowest BCUT2D eigenvalue weighted by Crippen LogP contribution is -2.27. The van der Waals surface area contributed by atoms with Gasteiger partial charge in [0.25, 0.3) is 0 Å². The highest BCUT2D eigenvalue weighted by Gasteiger charge is 2.19. The van der Waals surface area contributed by atoms with Crippen molar-refractivity contribution in [2.24, 2.45) is 0 Å². The van der Waals surface area contributed by atoms with Gasteiger partial charge in [-0.25, -0.2) is 13.1 Å². The molecule has 0 spiro atoms. The predicted octanol–water partition coefficient (Wildman–Crippen LogP) is 3.69. The van der Waals surface area contributed by atoms with Crippen molar-refractivity contribution in [1.29, 1.82) is 0 Å². The zero-order chi connectivity index (χ0) is 16.3. The molecule has 0 radical (unpaired) electrons. The van der Waals surface area contributed by atoms with Crippen LogP contribution in [0.2, 0.25) is 0 Å². The molecule has 2 rings (SSSR count). The Kier molecular flexibility index (Phi) is 5.16. The zero-order valence-electron chi connectivity index (χ0n) is 12.2. The maximum absolute atomic E-state index is 12.4. The Hall–Kier alpha value is -1.50. The number of carbonyl (C=O) groups is 1. The molecule has 116 valence electrons. The van der Waals surface area contributed by atoms with Crippen molar-refractivity contribution < 1.29 is 13.2 Å². The van der Waals surface area contributed by atoms with Crippen molar-refractivity contribution >= 4 is 31.7 Å². The molecule has 1 atom stereocenters. The molecule has 2 aromatic carbocycles. The van der Waals surface area contributed by atoms with Gasteiger partial charge in [0, 0.05) is 16.1 Å². The molecular weight excluding hydrogens is 366 g/mol. The van der Waals surface area contributed by atoms with Crippen LogP contribution in [0.4, 0.5) is 0 Å². The third-order valence-corrected chi connectivity index (χ3v) is 5.32. The minimum absolute atomic E-state index is 0.0872. The van der Waals surface area contributed by atoms with Crippen molar-refractivity contribution in [2.45, 2.75) is 24.8 Å². The van der Waals surface area contributed by atoms with Gasteiger partial charge in [0.05, 0.1) is 4.90 Å². The predicted molar refractivity (Wildman–Crippen MR) is 89.3 cm³/mol. The van der Waals surface area contributed by atoms with Crippen LogP contribution in [0.1, 0.15) is 35.8 Å². The van der Waals surface area contributed by atoms with Crippen LogP contribution in [0.3, 0.4) is 0 Å². The normalized spacial score (nSPS) is 12.9. The highest BCUT2D eigenvalue weighted by atomic mass is 79.9. The van der Waals surface area contributed by atoms with Gasteiger partial charge in [-0.05, 0) is 43.7 Å². The molecule has 0 aliphatic carbocycles. The van der Waals surface area contributed by atoms with Gasteiger partial charge in [0.15, 0.2) is 5.78 Å². The maximum atomic E-state index is 12.4. The van der Waals surface area contributed by atoms with Gasteiger partial charge in [-0.15, -0.1) is 0 Å². The van der Waals surface area contributed by atoms with Crippen LogP contribution in [0.5, 0.6) is 0 Å². The first-order valence-electron chi connectivity index (χ1n) is 6.68. The Morgan fingerprint density at radius 3 is 2.36 bits per heavy atom. The van der Waals surface area contributed by atoms with Gasteiger partial charge in [0.2, 0.25) is 10.0 Å². The van der Waals surface area contributed by atoms with Crippen LogP contribution in [-0.4, -0.2) is 14.2 Å². The molecular formula is C16H16BrNO3S. The molecule has 2 aromatic rings. The number of rotatable bonds is 5. The lowest BCUT2D eigenvalue weighted by atomic mass is 10.1. The summed E-state index contributed by atoms with van der Waals surface area (Å²) in [7, 11) is -3.69. The smallest absolute Gasteiger partial charge is 0.241 e. The second kappa shape index (κ2) is 6.73. The summed E-state index contributed by atoms with van der Waals surface area (Å²) >= 11 is 3.34. The molecule has 0 amide bonds. The van der Waals surface area contributed by atoms with Crippen LogP contribution in [0.15, 0.2) is 57.9 Å². The fraction of sp³-hybridized carbons (Fsp3) is 0.188. The second-order valence-electron chi connectivity index (χ2n) is 4.98. The molecule has 0 saturated carbocycles. The van der Waals surface area contributed by atoms with E-state index in [1.807, 2.05) is 24.3 Å². The van der Waals surface area contributed by atoms with Crippen LogP contribution < -0.4 is 4.72 Å². The maximum Gasteiger partial charge on any atom is 0.241 e. The first-order chi connectivity index (χ1) is 10.3. The molecule has 0 saturated heterocycles. The fourth-order valence-corrected chi connectivity index (χ4v) is 3.54. The third kappa shape index (κ3) is 4.03. The summed E-state index contributed by atoms with van der Waals surface area (Å²) in [6.45, 7) is 3.18. The van der Waals surface area contributed by atoms with Crippen molar-refractivity contribution in [2.75, 3.05) is 0 Å². The molecule has 0 aromatic heterocycles. The van der Waals surface area contributed by atoms with Crippen LogP contribution in [0, 0.1) is 0 Å². The molecule has 0 unspecified atom stereocenters. The number of hydrogen-bond acceptors (Lipinski definition) is 3. The van der Waals surface area contributed by atoms with Crippen LogP contribution in [0.25, 0.3) is 0 Å². The number of ketones is 1. The highest BCUT2D eigenvalue weighted by Crippen LogP contribution is 2.20. The second-order valence-corrected chi connectivity index (χ2v) is 7.61. The van der Waals surface area contributed by atoms with Crippen molar-refractivity contribution in [3.8, 4) is 0 Å². The summed E-state index contributed by atoms with van der Waals surface area (Å²) in [4.78, 5) is 11.5. The van der Waals surface area contributed by atoms with E-state index in [2.05, 4.69) is 20.7 Å². The van der Waals surface area contributed by atoms with E-state index < -0.39 is 10.0 Å². The number of hydrogen-bond donors (Lipinski definition) is 1. The van der Waals surface area contributed by atoms with Crippen molar-refractivity contribution in [1.82, 2.24) is 4.72 Å². The summed E-state index contributed by atoms with van der Waals surface area (Å²) in [5.74, 6) is -0.169. The van der Waals surface area contributed by atoms with E-state index in [1.54, 1.807) is 19.1 Å². The summed E-state index contributed by atoms with van der Waals surface area (Å²) in [5.41, 5.74) is 1.23. The molecule has 4 nitrogen and oxygen atoms in total. The number of halogens is 1. The van der Waals surface area contributed by atoms with Gasteiger partial charge in [-0.1, -0.05) is 40.2 Å². The largest absolute Gasteiger partial charge is 0.295 e. The van der Waals surface area contributed by atoms with Crippen molar-refractivity contribution in [3.05, 3.63) is 64.1 Å². The molecule has 1 N–H and O–H groups in total. The van der Waals surface area contributed by atoms with Crippen molar-refractivity contribution in [3.63, 3.8) is 0 Å². The van der Waals surface area contributed by atoms with Gasteiger partial charge in [0.1, 0.15) is 0 Å². The van der Waals surface area contributed by atoms with Gasteiger partial charge in [-0.3, -0.25) is 4.79 Å². The quantitative estimate of drug-likeness (QED) is 0.803. The summed E-state index contributed by atoms with van der Waals surface area (Å²) in [6.07, 6.45) is 0. The lowest BCUT2D eigenvalue weighted by molar-refractivity contribution is 0.101. The summed E-state index contributed by atoms with van der Waals surface area (Å²) in [6, 6.07) is 13.1. The number of carbonyl (C=O) groups excluding carboxylic acids is 1. The average molecular weight is 382 g/mol. The third-order valence-electron chi connectivity index (χ3n) is 3.25. The first-order valence-corrected chi connectivity index (χ1v) is 8.96. The summed E-state index contributed by atoms with van der Waals surface area (Å²) < 4.78 is 28.4. The monoisotopic (exact) mass is 381 g/mol. The molecule has 6 heteroatoms. The van der Waals surface area contributed by atoms with E-state index in [1.165, 1.54) is 19.1 Å². The molecule has 0 heterocycles. The fourth-order valence-electron chi connectivity index (χ4n) is 2.00. The number of sulfonamides is 1. The minimum Gasteiger partial charge on any atom is -0.295 e. The van der Waals surface area contributed by atoms with E-state index in [9.17, 15) is 13.2 Å². The van der Waals surface area contributed by atoms with Gasteiger partial charge < -0.3 is 0 Å². The minimum atomic E-state index is -3.69. The standard InChI is InChI=1S/C16H16BrNO3S/c1-11(13-6-8-15(17)9-7-13)18-22(20,21)16-5-3-4-14(10-16)12(2)19/h3-11,18H,1-2H3/t11-/m1/s1. The Morgan fingerprint density at radius 1 is 1.14 bits per heavy atom. The van der Waals surface area contributed by atoms with Gasteiger partial charge in [-0.2, -0.15) is 0 Å². The first kappa shape index (κ1) is 16.9. The Labute approximate surface area is 138 Å². The zero-order valence-corrected chi connectivity index (χ0v) is 14.6. The molecule has 0 fully saturated rings. The van der Waals surface area contributed by atoms with Crippen LogP contribution in [-0.2, 0) is 10.0 Å².